The molecule has 0 saturated heterocycles. The van der Waals surface area contributed by atoms with E-state index in [9.17, 15) is 8.78 Å². The number of ether oxygens (including phenoxy) is 1. The van der Waals surface area contributed by atoms with Gasteiger partial charge < -0.3 is 15.0 Å². The molecule has 0 aliphatic heterocycles. The summed E-state index contributed by atoms with van der Waals surface area (Å²) in [5.41, 5.74) is 5.19. The molecule has 2 aromatic rings. The van der Waals surface area contributed by atoms with Gasteiger partial charge in [-0.3, -0.25) is 0 Å². The number of benzene rings is 1. The predicted molar refractivity (Wildman–Crippen MR) is 73.3 cm³/mol. The van der Waals surface area contributed by atoms with Crippen LogP contribution in [0.2, 0.25) is 0 Å². The Morgan fingerprint density at radius 1 is 1.24 bits per heavy atom. The average Bonchev–Trinajstić information content (AvgIpc) is 2.95. The predicted octanol–water partition coefficient (Wildman–Crippen LogP) is 3.26. The van der Waals surface area contributed by atoms with Crippen LogP contribution < -0.4 is 5.73 Å². The van der Waals surface area contributed by atoms with Crippen LogP contribution in [0.25, 0.3) is 11.5 Å². The maximum Gasteiger partial charge on any atom is 0.260 e. The Bertz CT molecular complexity index is 631. The Hall–Kier alpha value is -2.02. The number of halogens is 2. The second kappa shape index (κ2) is 5.77. The number of anilines is 1. The van der Waals surface area contributed by atoms with E-state index in [4.69, 9.17) is 15.0 Å². The van der Waals surface area contributed by atoms with Gasteiger partial charge in [-0.1, -0.05) is 19.0 Å². The number of hydrogen-bond donors (Lipinski definition) is 1. The monoisotopic (exact) mass is 297 g/mol. The number of methoxy groups -OCH3 is 1. The van der Waals surface area contributed by atoms with Crippen molar-refractivity contribution in [2.75, 3.05) is 12.8 Å². The number of aromatic nitrogens is 2. The molecule has 5 nitrogen and oxygen atoms in total. The van der Waals surface area contributed by atoms with Crippen LogP contribution in [0.4, 0.5) is 14.5 Å². The van der Waals surface area contributed by atoms with Crippen molar-refractivity contribution in [2.24, 2.45) is 0 Å². The first-order valence-electron chi connectivity index (χ1n) is 6.61. The summed E-state index contributed by atoms with van der Waals surface area (Å²) in [7, 11) is 1.56. The summed E-state index contributed by atoms with van der Waals surface area (Å²) in [6.07, 6.45) is 1.29. The zero-order valence-corrected chi connectivity index (χ0v) is 12.1. The van der Waals surface area contributed by atoms with E-state index in [-0.39, 0.29) is 17.1 Å². The Morgan fingerprint density at radius 2 is 1.86 bits per heavy atom. The second-order valence-electron chi connectivity index (χ2n) is 4.68. The number of rotatable bonds is 5. The quantitative estimate of drug-likeness (QED) is 0.857. The number of nitrogens with two attached hydrogens (primary N) is 1. The van der Waals surface area contributed by atoms with Gasteiger partial charge in [0, 0.05) is 18.9 Å². The summed E-state index contributed by atoms with van der Waals surface area (Å²) in [6.45, 7) is 3.88. The molecule has 114 valence electrons. The highest BCUT2D eigenvalue weighted by Crippen LogP contribution is 2.33. The number of nitrogens with zero attached hydrogens (tertiary/aromatic N) is 2. The van der Waals surface area contributed by atoms with E-state index in [1.807, 2.05) is 13.8 Å². The van der Waals surface area contributed by atoms with Gasteiger partial charge in [-0.2, -0.15) is 4.98 Å². The van der Waals surface area contributed by atoms with Crippen molar-refractivity contribution in [3.8, 4) is 11.5 Å². The van der Waals surface area contributed by atoms with Crippen LogP contribution in [0.15, 0.2) is 16.7 Å². The normalized spacial score (nSPS) is 11.9. The van der Waals surface area contributed by atoms with Crippen LogP contribution >= 0.6 is 0 Å². The molecule has 1 aromatic carbocycles. The molecule has 0 atom stereocenters. The summed E-state index contributed by atoms with van der Waals surface area (Å²) in [5.74, 6) is -1.66. The fourth-order valence-electron chi connectivity index (χ4n) is 2.21. The minimum Gasteiger partial charge on any atom is -0.398 e. The summed E-state index contributed by atoms with van der Waals surface area (Å²) in [5, 5.41) is 3.89. The smallest absolute Gasteiger partial charge is 0.260 e. The highest BCUT2D eigenvalue weighted by Gasteiger charge is 2.34. The minimum absolute atomic E-state index is 0.0279. The van der Waals surface area contributed by atoms with Crippen LogP contribution in [0, 0.1) is 11.6 Å². The van der Waals surface area contributed by atoms with Gasteiger partial charge in [-0.05, 0) is 18.9 Å². The summed E-state index contributed by atoms with van der Waals surface area (Å²) < 4.78 is 37.1. The zero-order valence-electron chi connectivity index (χ0n) is 12.1. The molecular formula is C14H17F2N3O2. The summed E-state index contributed by atoms with van der Waals surface area (Å²) in [6, 6.07) is 1.83. The van der Waals surface area contributed by atoms with Crippen molar-refractivity contribution in [3.05, 3.63) is 29.6 Å². The highest BCUT2D eigenvalue weighted by atomic mass is 19.2. The minimum atomic E-state index is -1.03. The van der Waals surface area contributed by atoms with Crippen molar-refractivity contribution in [1.82, 2.24) is 10.1 Å². The Labute approximate surface area is 121 Å². The van der Waals surface area contributed by atoms with E-state index in [1.54, 1.807) is 7.11 Å². The molecule has 1 heterocycles. The van der Waals surface area contributed by atoms with E-state index in [2.05, 4.69) is 10.1 Å². The van der Waals surface area contributed by atoms with Crippen LogP contribution in [-0.2, 0) is 10.3 Å². The van der Waals surface area contributed by atoms with Gasteiger partial charge in [-0.15, -0.1) is 0 Å². The van der Waals surface area contributed by atoms with Gasteiger partial charge in [0.15, 0.2) is 11.6 Å². The first-order valence-corrected chi connectivity index (χ1v) is 6.61. The van der Waals surface area contributed by atoms with Gasteiger partial charge in [0.1, 0.15) is 5.60 Å². The fraction of sp³-hybridized carbons (Fsp3) is 0.429. The molecule has 0 spiro atoms. The second-order valence-corrected chi connectivity index (χ2v) is 4.68. The maximum absolute atomic E-state index is 13.3. The summed E-state index contributed by atoms with van der Waals surface area (Å²) in [4.78, 5) is 4.23. The van der Waals surface area contributed by atoms with Crippen molar-refractivity contribution >= 4 is 5.69 Å². The molecule has 2 N–H and O–H groups in total. The lowest BCUT2D eigenvalue weighted by Crippen LogP contribution is -2.28. The average molecular weight is 297 g/mol. The molecule has 0 radical (unpaired) electrons. The van der Waals surface area contributed by atoms with E-state index in [0.717, 1.165) is 12.1 Å². The molecule has 0 aliphatic rings. The first kappa shape index (κ1) is 15.4. The molecular weight excluding hydrogens is 280 g/mol. The molecule has 0 unspecified atom stereocenters. The van der Waals surface area contributed by atoms with Gasteiger partial charge in [0.25, 0.3) is 5.89 Å². The molecule has 7 heteroatoms. The van der Waals surface area contributed by atoms with E-state index in [0.29, 0.717) is 18.7 Å². The number of hydrogen-bond acceptors (Lipinski definition) is 5. The lowest BCUT2D eigenvalue weighted by Gasteiger charge is -2.25. The number of nitrogen functional groups attached to an aromatic ring is 1. The highest BCUT2D eigenvalue weighted by molar-refractivity contribution is 5.70. The fourth-order valence-corrected chi connectivity index (χ4v) is 2.21. The third kappa shape index (κ3) is 2.61. The lowest BCUT2D eigenvalue weighted by molar-refractivity contribution is -0.0306. The standard InChI is InChI=1S/C14H17F2N3O2/c1-4-14(5-2,20-3)13-18-12(21-19-13)8-6-9(15)10(16)7-11(8)17/h6-7H,4-5,17H2,1-3H3. The van der Waals surface area contributed by atoms with Crippen LogP contribution in [0.1, 0.15) is 32.5 Å². The molecule has 0 amide bonds. The topological polar surface area (TPSA) is 74.2 Å². The molecule has 1 aromatic heterocycles. The van der Waals surface area contributed by atoms with Crippen LogP contribution in [-0.4, -0.2) is 17.3 Å². The Morgan fingerprint density at radius 3 is 2.43 bits per heavy atom. The lowest BCUT2D eigenvalue weighted by atomic mass is 9.96. The summed E-state index contributed by atoms with van der Waals surface area (Å²) >= 11 is 0. The molecule has 0 bridgehead atoms. The third-order valence-corrected chi connectivity index (χ3v) is 3.69. The first-order chi connectivity index (χ1) is 9.97. The molecule has 0 aliphatic carbocycles. The molecule has 0 fully saturated rings. The van der Waals surface area contributed by atoms with E-state index >= 15 is 0 Å². The van der Waals surface area contributed by atoms with Crippen LogP contribution in [0.3, 0.4) is 0 Å². The Balaban J connectivity index is 2.47. The SMILES string of the molecule is CCC(CC)(OC)c1noc(-c2cc(F)c(F)cc2N)n1. The van der Waals surface area contributed by atoms with Crippen molar-refractivity contribution in [2.45, 2.75) is 32.3 Å². The molecule has 0 saturated carbocycles. The van der Waals surface area contributed by atoms with E-state index in [1.165, 1.54) is 0 Å². The van der Waals surface area contributed by atoms with Gasteiger partial charge in [0.2, 0.25) is 5.82 Å². The van der Waals surface area contributed by atoms with Gasteiger partial charge in [-0.25, -0.2) is 8.78 Å². The van der Waals surface area contributed by atoms with Gasteiger partial charge >= 0.3 is 0 Å². The van der Waals surface area contributed by atoms with Crippen molar-refractivity contribution in [1.29, 1.82) is 0 Å². The zero-order chi connectivity index (χ0) is 15.6. The Kier molecular flexibility index (Phi) is 4.22. The van der Waals surface area contributed by atoms with Gasteiger partial charge in [0.05, 0.1) is 5.56 Å². The van der Waals surface area contributed by atoms with Crippen molar-refractivity contribution < 1.29 is 18.0 Å². The molecule has 21 heavy (non-hydrogen) atoms. The maximum atomic E-state index is 13.3. The van der Waals surface area contributed by atoms with Crippen LogP contribution in [0.5, 0.6) is 0 Å². The largest absolute Gasteiger partial charge is 0.398 e. The van der Waals surface area contributed by atoms with Crippen molar-refractivity contribution in [3.63, 3.8) is 0 Å². The molecule has 2 rings (SSSR count). The van der Waals surface area contributed by atoms with E-state index < -0.39 is 17.2 Å². The third-order valence-electron chi connectivity index (χ3n) is 3.69.